The van der Waals surface area contributed by atoms with E-state index in [2.05, 4.69) is 15.8 Å². The molecule has 0 aliphatic heterocycles. The van der Waals surface area contributed by atoms with Crippen molar-refractivity contribution in [2.24, 2.45) is 5.10 Å². The zero-order valence-corrected chi connectivity index (χ0v) is 16.9. The molecule has 2 N–H and O–H groups in total. The quantitative estimate of drug-likeness (QED) is 0.456. The Morgan fingerprint density at radius 1 is 1.04 bits per heavy atom. The van der Waals surface area contributed by atoms with Gasteiger partial charge in [-0.15, -0.1) is 0 Å². The maximum absolute atomic E-state index is 11.9. The second-order valence-corrected chi connectivity index (χ2v) is 6.64. The molecule has 0 fully saturated rings. The molecule has 8 heteroatoms. The van der Waals surface area contributed by atoms with Crippen LogP contribution in [0.1, 0.15) is 31.7 Å². The van der Waals surface area contributed by atoms with Crippen molar-refractivity contribution in [3.63, 3.8) is 0 Å². The standard InChI is InChI=1S/C20H21Cl2N3O3/c1-2-28-16-9-6-14(7-10-16)13-23-25-20(27)5-3-4-19(26)24-15-8-11-17(21)18(22)12-15/h6-13H,2-5H2,1H3,(H,24,26)(H,25,27)/b23-13-. The molecular formula is C20H21Cl2N3O3. The minimum absolute atomic E-state index is 0.190. The molecule has 2 aromatic carbocycles. The molecule has 148 valence electrons. The summed E-state index contributed by atoms with van der Waals surface area (Å²) < 4.78 is 5.36. The molecule has 2 amide bonds. The third kappa shape index (κ3) is 7.58. The Morgan fingerprint density at radius 3 is 2.43 bits per heavy atom. The first-order valence-electron chi connectivity index (χ1n) is 8.77. The second kappa shape index (κ2) is 11.3. The molecule has 0 spiro atoms. The van der Waals surface area contributed by atoms with Gasteiger partial charge in [-0.3, -0.25) is 9.59 Å². The molecular weight excluding hydrogens is 401 g/mol. The number of halogens is 2. The molecule has 0 atom stereocenters. The molecule has 0 aliphatic rings. The summed E-state index contributed by atoms with van der Waals surface area (Å²) in [6.45, 7) is 2.52. The van der Waals surface area contributed by atoms with Crippen molar-refractivity contribution in [3.05, 3.63) is 58.1 Å². The van der Waals surface area contributed by atoms with Crippen molar-refractivity contribution in [2.75, 3.05) is 11.9 Å². The van der Waals surface area contributed by atoms with E-state index in [0.29, 0.717) is 28.8 Å². The molecule has 0 saturated heterocycles. The highest BCUT2D eigenvalue weighted by Crippen LogP contribution is 2.25. The maximum atomic E-state index is 11.9. The zero-order valence-electron chi connectivity index (χ0n) is 15.4. The number of hydrogen-bond donors (Lipinski definition) is 2. The van der Waals surface area contributed by atoms with Gasteiger partial charge in [0.25, 0.3) is 0 Å². The number of rotatable bonds is 9. The Morgan fingerprint density at radius 2 is 1.75 bits per heavy atom. The predicted octanol–water partition coefficient (Wildman–Crippen LogP) is 4.65. The Balaban J connectivity index is 1.67. The fourth-order valence-electron chi connectivity index (χ4n) is 2.26. The third-order valence-corrected chi connectivity index (χ3v) is 4.34. The number of hydrogen-bond acceptors (Lipinski definition) is 4. The minimum atomic E-state index is -0.260. The van der Waals surface area contributed by atoms with Crippen LogP contribution in [0.2, 0.25) is 10.0 Å². The van der Waals surface area contributed by atoms with Gasteiger partial charge in [-0.05, 0) is 61.4 Å². The van der Waals surface area contributed by atoms with Gasteiger partial charge in [0.15, 0.2) is 0 Å². The summed E-state index contributed by atoms with van der Waals surface area (Å²) in [6, 6.07) is 12.2. The van der Waals surface area contributed by atoms with Crippen molar-refractivity contribution in [1.29, 1.82) is 0 Å². The number of carbonyl (C=O) groups excluding carboxylic acids is 2. The van der Waals surface area contributed by atoms with E-state index in [-0.39, 0.29) is 24.7 Å². The van der Waals surface area contributed by atoms with E-state index >= 15 is 0 Å². The lowest BCUT2D eigenvalue weighted by Crippen LogP contribution is -2.18. The van der Waals surface area contributed by atoms with E-state index in [1.807, 2.05) is 31.2 Å². The van der Waals surface area contributed by atoms with E-state index in [1.165, 1.54) is 0 Å². The van der Waals surface area contributed by atoms with E-state index in [4.69, 9.17) is 27.9 Å². The molecule has 0 heterocycles. The molecule has 0 saturated carbocycles. The van der Waals surface area contributed by atoms with Gasteiger partial charge >= 0.3 is 0 Å². The SMILES string of the molecule is CCOc1ccc(/C=N\NC(=O)CCCC(=O)Nc2ccc(Cl)c(Cl)c2)cc1. The van der Waals surface area contributed by atoms with Crippen molar-refractivity contribution in [2.45, 2.75) is 26.2 Å². The fourth-order valence-corrected chi connectivity index (χ4v) is 2.56. The summed E-state index contributed by atoms with van der Waals surface area (Å²) in [5.74, 6) is 0.316. The predicted molar refractivity (Wildman–Crippen MR) is 112 cm³/mol. The van der Waals surface area contributed by atoms with Crippen LogP contribution in [0.4, 0.5) is 5.69 Å². The molecule has 0 radical (unpaired) electrons. The maximum Gasteiger partial charge on any atom is 0.240 e. The van der Waals surface area contributed by atoms with Crippen LogP contribution in [0, 0.1) is 0 Å². The zero-order chi connectivity index (χ0) is 20.4. The summed E-state index contributed by atoms with van der Waals surface area (Å²) >= 11 is 11.7. The molecule has 0 aliphatic carbocycles. The van der Waals surface area contributed by atoms with Gasteiger partial charge in [0.2, 0.25) is 11.8 Å². The average molecular weight is 422 g/mol. The summed E-state index contributed by atoms with van der Waals surface area (Å²) in [4.78, 5) is 23.7. The lowest BCUT2D eigenvalue weighted by molar-refractivity contribution is -0.121. The monoisotopic (exact) mass is 421 g/mol. The van der Waals surface area contributed by atoms with E-state index in [1.54, 1.807) is 24.4 Å². The summed E-state index contributed by atoms with van der Waals surface area (Å²) in [6.07, 6.45) is 2.34. The highest BCUT2D eigenvalue weighted by molar-refractivity contribution is 6.42. The van der Waals surface area contributed by atoms with Crippen LogP contribution in [0.15, 0.2) is 47.6 Å². The van der Waals surface area contributed by atoms with E-state index < -0.39 is 0 Å². The van der Waals surface area contributed by atoms with Crippen LogP contribution in [-0.4, -0.2) is 24.6 Å². The van der Waals surface area contributed by atoms with Crippen LogP contribution in [0.25, 0.3) is 0 Å². The van der Waals surface area contributed by atoms with Gasteiger partial charge in [-0.25, -0.2) is 5.43 Å². The van der Waals surface area contributed by atoms with Crippen LogP contribution in [0.3, 0.4) is 0 Å². The molecule has 0 bridgehead atoms. The van der Waals surface area contributed by atoms with E-state index in [9.17, 15) is 9.59 Å². The molecule has 28 heavy (non-hydrogen) atoms. The fraction of sp³-hybridized carbons (Fsp3) is 0.250. The molecule has 2 aromatic rings. The van der Waals surface area contributed by atoms with Crippen LogP contribution < -0.4 is 15.5 Å². The van der Waals surface area contributed by atoms with Crippen LogP contribution >= 0.6 is 23.2 Å². The molecule has 2 rings (SSSR count). The number of anilines is 1. The second-order valence-electron chi connectivity index (χ2n) is 5.83. The topological polar surface area (TPSA) is 79.8 Å². The normalized spacial score (nSPS) is 10.7. The largest absolute Gasteiger partial charge is 0.494 e. The summed E-state index contributed by atoms with van der Waals surface area (Å²) in [5, 5.41) is 7.40. The van der Waals surface area contributed by atoms with Crippen LogP contribution in [0.5, 0.6) is 5.75 Å². The molecule has 0 aromatic heterocycles. The van der Waals surface area contributed by atoms with E-state index in [0.717, 1.165) is 11.3 Å². The van der Waals surface area contributed by atoms with Crippen molar-refractivity contribution in [1.82, 2.24) is 5.43 Å². The number of nitrogens with one attached hydrogen (secondary N) is 2. The first kappa shape index (κ1) is 21.7. The number of amides is 2. The lowest BCUT2D eigenvalue weighted by atomic mass is 10.2. The Hall–Kier alpha value is -2.57. The van der Waals surface area contributed by atoms with Crippen molar-refractivity contribution in [3.8, 4) is 5.75 Å². The van der Waals surface area contributed by atoms with Crippen molar-refractivity contribution >= 4 is 46.9 Å². The smallest absolute Gasteiger partial charge is 0.240 e. The van der Waals surface area contributed by atoms with Crippen molar-refractivity contribution < 1.29 is 14.3 Å². The Bertz CT molecular complexity index is 839. The van der Waals surface area contributed by atoms with Gasteiger partial charge < -0.3 is 10.1 Å². The van der Waals surface area contributed by atoms with Gasteiger partial charge in [0.1, 0.15) is 5.75 Å². The minimum Gasteiger partial charge on any atom is -0.494 e. The Labute approximate surface area is 173 Å². The third-order valence-electron chi connectivity index (χ3n) is 3.61. The number of benzene rings is 2. The summed E-state index contributed by atoms with van der Waals surface area (Å²) in [7, 11) is 0. The number of nitrogens with zero attached hydrogens (tertiary/aromatic N) is 1. The van der Waals surface area contributed by atoms with Crippen LogP contribution in [-0.2, 0) is 9.59 Å². The van der Waals surface area contributed by atoms with Gasteiger partial charge in [0, 0.05) is 18.5 Å². The first-order chi connectivity index (χ1) is 13.5. The highest BCUT2D eigenvalue weighted by atomic mass is 35.5. The van der Waals surface area contributed by atoms with Gasteiger partial charge in [-0.1, -0.05) is 23.2 Å². The number of carbonyl (C=O) groups is 2. The summed E-state index contributed by atoms with van der Waals surface area (Å²) in [5.41, 5.74) is 3.84. The molecule has 0 unspecified atom stereocenters. The Kier molecular flexibility index (Phi) is 8.78. The number of hydrazone groups is 1. The number of ether oxygens (including phenoxy) is 1. The highest BCUT2D eigenvalue weighted by Gasteiger charge is 2.06. The average Bonchev–Trinajstić information content (AvgIpc) is 2.66. The first-order valence-corrected chi connectivity index (χ1v) is 9.53. The van der Waals surface area contributed by atoms with Gasteiger partial charge in [0.05, 0.1) is 22.9 Å². The lowest BCUT2D eigenvalue weighted by Gasteiger charge is -2.06. The van der Waals surface area contributed by atoms with Gasteiger partial charge in [-0.2, -0.15) is 5.10 Å². The molecule has 6 nitrogen and oxygen atoms in total.